The topological polar surface area (TPSA) is 46.3 Å². The maximum absolute atomic E-state index is 5.14. The highest BCUT2D eigenvalue weighted by Crippen LogP contribution is 2.49. The Hall–Kier alpha value is -2.12. The highest BCUT2D eigenvalue weighted by Gasteiger charge is 2.46. The van der Waals surface area contributed by atoms with Gasteiger partial charge in [0.2, 0.25) is 0 Å². The molecule has 0 bridgehead atoms. The fourth-order valence-electron chi connectivity index (χ4n) is 4.39. The van der Waals surface area contributed by atoms with Gasteiger partial charge in [-0.25, -0.2) is 4.98 Å². The number of amidine groups is 1. The van der Waals surface area contributed by atoms with Crippen LogP contribution in [-0.2, 0) is 0 Å². The lowest BCUT2D eigenvalue weighted by Gasteiger charge is -2.31. The van der Waals surface area contributed by atoms with Crippen LogP contribution in [0.5, 0.6) is 0 Å². The van der Waals surface area contributed by atoms with E-state index in [1.165, 1.54) is 22.1 Å². The van der Waals surface area contributed by atoms with Gasteiger partial charge in [0.05, 0.1) is 11.7 Å². The summed E-state index contributed by atoms with van der Waals surface area (Å²) in [5.74, 6) is 1.12. The molecular weight excluding hydrogens is 386 g/mol. The quantitative estimate of drug-likeness (QED) is 0.613. The van der Waals surface area contributed by atoms with Crippen molar-refractivity contribution in [2.45, 2.75) is 45.3 Å². The van der Waals surface area contributed by atoms with E-state index in [1.54, 1.807) is 11.3 Å². The molecular formula is C21H23N5S2. The number of hydrogen-bond donors (Lipinski definition) is 0. The summed E-state index contributed by atoms with van der Waals surface area (Å²) in [6.07, 6.45) is 4.87. The maximum atomic E-state index is 5.14. The van der Waals surface area contributed by atoms with Crippen molar-refractivity contribution in [2.24, 2.45) is 4.99 Å². The molecule has 3 aromatic heterocycles. The van der Waals surface area contributed by atoms with E-state index in [4.69, 9.17) is 4.99 Å². The lowest BCUT2D eigenvalue weighted by molar-refractivity contribution is 0.254. The molecule has 5 rings (SSSR count). The van der Waals surface area contributed by atoms with Crippen LogP contribution >= 0.6 is 23.1 Å². The minimum atomic E-state index is 0.0308. The van der Waals surface area contributed by atoms with E-state index in [0.717, 1.165) is 23.0 Å². The average molecular weight is 410 g/mol. The lowest BCUT2D eigenvalue weighted by Crippen LogP contribution is -2.35. The molecule has 2 aliphatic rings. The third-order valence-corrected chi connectivity index (χ3v) is 7.61. The SMILES string of the molecule is CC[C@H]1CSC2=N[C@@H](c3ccccn3)[C@@H](c3cc(C)n(-c4nccs4)c3C)N21. The first-order valence-corrected chi connectivity index (χ1v) is 11.5. The molecule has 0 spiro atoms. The molecule has 28 heavy (non-hydrogen) atoms. The lowest BCUT2D eigenvalue weighted by atomic mass is 9.95. The van der Waals surface area contributed by atoms with Crippen molar-refractivity contribution in [3.63, 3.8) is 0 Å². The summed E-state index contributed by atoms with van der Waals surface area (Å²) < 4.78 is 2.28. The number of pyridine rings is 1. The molecule has 5 heterocycles. The summed E-state index contributed by atoms with van der Waals surface area (Å²) in [5.41, 5.74) is 4.85. The van der Waals surface area contributed by atoms with Crippen molar-refractivity contribution >= 4 is 28.3 Å². The molecule has 1 fully saturated rings. The molecule has 0 aromatic carbocycles. The van der Waals surface area contributed by atoms with Crippen LogP contribution in [0, 0.1) is 13.8 Å². The zero-order valence-electron chi connectivity index (χ0n) is 16.2. The summed E-state index contributed by atoms with van der Waals surface area (Å²) in [7, 11) is 0. The van der Waals surface area contributed by atoms with E-state index in [1.807, 2.05) is 35.6 Å². The van der Waals surface area contributed by atoms with Crippen LogP contribution in [0.3, 0.4) is 0 Å². The maximum Gasteiger partial charge on any atom is 0.193 e. The van der Waals surface area contributed by atoms with Gasteiger partial charge in [0.1, 0.15) is 6.04 Å². The zero-order chi connectivity index (χ0) is 19.3. The summed E-state index contributed by atoms with van der Waals surface area (Å²) in [4.78, 5) is 16.9. The highest BCUT2D eigenvalue weighted by atomic mass is 32.2. The van der Waals surface area contributed by atoms with Gasteiger partial charge in [0, 0.05) is 41.0 Å². The Bertz CT molecular complexity index is 1010. The van der Waals surface area contributed by atoms with Crippen molar-refractivity contribution in [1.29, 1.82) is 0 Å². The van der Waals surface area contributed by atoms with E-state index < -0.39 is 0 Å². The van der Waals surface area contributed by atoms with Crippen molar-refractivity contribution < 1.29 is 0 Å². The molecule has 7 heteroatoms. The Morgan fingerprint density at radius 1 is 1.18 bits per heavy atom. The minimum Gasteiger partial charge on any atom is -0.338 e. The first-order chi connectivity index (χ1) is 13.7. The van der Waals surface area contributed by atoms with Gasteiger partial charge < -0.3 is 4.90 Å². The standard InChI is InChI=1S/C21H23N5S2/c1-4-15-12-28-21-24-18(17-7-5-6-8-22-17)19(26(15)21)16-11-13(2)25(14(16)3)20-23-9-10-27-20/h5-11,15,18-19H,4,12H2,1-3H3/t15-,18-,19+/m0/s1. The van der Waals surface area contributed by atoms with Gasteiger partial charge in [0.15, 0.2) is 10.3 Å². The second-order valence-electron chi connectivity index (χ2n) is 7.31. The number of aliphatic imine (C=N–C) groups is 1. The van der Waals surface area contributed by atoms with Gasteiger partial charge in [-0.1, -0.05) is 24.8 Å². The molecule has 3 aromatic rings. The fraction of sp³-hybridized carbons (Fsp3) is 0.381. The van der Waals surface area contributed by atoms with E-state index in [9.17, 15) is 0 Å². The molecule has 0 N–H and O–H groups in total. The zero-order valence-corrected chi connectivity index (χ0v) is 17.9. The first-order valence-electron chi connectivity index (χ1n) is 9.67. The molecule has 0 aliphatic carbocycles. The van der Waals surface area contributed by atoms with Crippen LogP contribution in [0.25, 0.3) is 5.13 Å². The number of rotatable bonds is 4. The number of aromatic nitrogens is 3. The normalized spacial score (nSPS) is 23.9. The largest absolute Gasteiger partial charge is 0.338 e. The van der Waals surface area contributed by atoms with Gasteiger partial charge in [0.25, 0.3) is 0 Å². The van der Waals surface area contributed by atoms with E-state index in [0.29, 0.717) is 6.04 Å². The predicted octanol–water partition coefficient (Wildman–Crippen LogP) is 4.93. The monoisotopic (exact) mass is 409 g/mol. The Labute approximate surface area is 173 Å². The summed E-state index contributed by atoms with van der Waals surface area (Å²) in [6.45, 7) is 6.65. The van der Waals surface area contributed by atoms with Gasteiger partial charge >= 0.3 is 0 Å². The Morgan fingerprint density at radius 2 is 2.07 bits per heavy atom. The summed E-state index contributed by atoms with van der Waals surface area (Å²) in [5, 5.41) is 4.23. The van der Waals surface area contributed by atoms with Crippen molar-refractivity contribution in [2.75, 3.05) is 5.75 Å². The van der Waals surface area contributed by atoms with Crippen LogP contribution < -0.4 is 0 Å². The summed E-state index contributed by atoms with van der Waals surface area (Å²) >= 11 is 3.56. The third-order valence-electron chi connectivity index (χ3n) is 5.73. The highest BCUT2D eigenvalue weighted by molar-refractivity contribution is 8.14. The van der Waals surface area contributed by atoms with Gasteiger partial charge in [-0.3, -0.25) is 14.5 Å². The predicted molar refractivity (Wildman–Crippen MR) is 116 cm³/mol. The van der Waals surface area contributed by atoms with Crippen LogP contribution in [0.2, 0.25) is 0 Å². The van der Waals surface area contributed by atoms with Gasteiger partial charge in [-0.05, 0) is 44.0 Å². The molecule has 3 atom stereocenters. The second kappa shape index (κ2) is 7.04. The van der Waals surface area contributed by atoms with Crippen LogP contribution in [0.15, 0.2) is 47.0 Å². The number of hydrogen-bond acceptors (Lipinski definition) is 6. The van der Waals surface area contributed by atoms with Crippen LogP contribution in [0.4, 0.5) is 0 Å². The number of fused-ring (bicyclic) bond motifs is 1. The van der Waals surface area contributed by atoms with E-state index >= 15 is 0 Å². The first kappa shape index (κ1) is 17.9. The Morgan fingerprint density at radius 3 is 2.79 bits per heavy atom. The van der Waals surface area contributed by atoms with E-state index in [-0.39, 0.29) is 12.1 Å². The number of thioether (sulfide) groups is 1. The van der Waals surface area contributed by atoms with Gasteiger partial charge in [-0.2, -0.15) is 0 Å². The second-order valence-corrected chi connectivity index (χ2v) is 9.17. The molecule has 1 saturated heterocycles. The smallest absolute Gasteiger partial charge is 0.193 e. The molecule has 0 radical (unpaired) electrons. The van der Waals surface area contributed by atoms with E-state index in [2.05, 4.69) is 58.4 Å². The Balaban J connectivity index is 1.65. The molecule has 0 amide bonds. The molecule has 0 saturated carbocycles. The Kier molecular flexibility index (Phi) is 4.51. The van der Waals surface area contributed by atoms with Crippen LogP contribution in [-0.4, -0.2) is 36.4 Å². The average Bonchev–Trinajstić information content (AvgIpc) is 3.47. The number of aryl methyl sites for hydroxylation is 1. The third kappa shape index (κ3) is 2.71. The van der Waals surface area contributed by atoms with Crippen molar-refractivity contribution in [3.05, 3.63) is 64.7 Å². The summed E-state index contributed by atoms with van der Waals surface area (Å²) in [6, 6.07) is 9.20. The van der Waals surface area contributed by atoms with Crippen molar-refractivity contribution in [1.82, 2.24) is 19.4 Å². The number of thiazole rings is 1. The van der Waals surface area contributed by atoms with Gasteiger partial charge in [-0.15, -0.1) is 11.3 Å². The molecule has 5 nitrogen and oxygen atoms in total. The minimum absolute atomic E-state index is 0.0308. The van der Waals surface area contributed by atoms with Crippen molar-refractivity contribution in [3.8, 4) is 5.13 Å². The molecule has 144 valence electrons. The molecule has 2 aliphatic heterocycles. The van der Waals surface area contributed by atoms with Crippen LogP contribution in [0.1, 0.15) is 48.1 Å². The molecule has 0 unspecified atom stereocenters. The fourth-order valence-corrected chi connectivity index (χ4v) is 6.48. The number of nitrogens with zero attached hydrogens (tertiary/aromatic N) is 5.